The fraction of sp³-hybridized carbons (Fsp3) is 0.538. The van der Waals surface area contributed by atoms with Gasteiger partial charge >= 0.3 is 0 Å². The van der Waals surface area contributed by atoms with E-state index in [9.17, 15) is 0 Å². The number of nitrogens with two attached hydrogens (primary N) is 1. The molecule has 3 heteroatoms. The molecule has 0 bridgehead atoms. The largest absolute Gasteiger partial charge is 0.378 e. The molecule has 0 saturated carbocycles. The van der Waals surface area contributed by atoms with Gasteiger partial charge < -0.3 is 10.6 Å². The van der Waals surface area contributed by atoms with Crippen LogP contribution in [0.15, 0.2) is 18.2 Å². The number of anilines is 1. The third-order valence-corrected chi connectivity index (χ3v) is 3.10. The summed E-state index contributed by atoms with van der Waals surface area (Å²) in [6.45, 7) is 6.36. The molecule has 1 aromatic rings. The minimum absolute atomic E-state index is 0.0171. The maximum Gasteiger partial charge on any atom is 0.0474 e. The Morgan fingerprint density at radius 1 is 1.25 bits per heavy atom. The second-order valence-corrected chi connectivity index (χ2v) is 5.85. The molecule has 0 unspecified atom stereocenters. The van der Waals surface area contributed by atoms with Crippen molar-refractivity contribution < 1.29 is 0 Å². The zero-order chi connectivity index (χ0) is 12.5. The van der Waals surface area contributed by atoms with Crippen LogP contribution >= 0.6 is 11.6 Å². The van der Waals surface area contributed by atoms with Gasteiger partial charge in [-0.2, -0.15) is 0 Å². The maximum absolute atomic E-state index is 6.27. The molecular formula is C13H21ClN2. The Bertz CT molecular complexity index is 367. The standard InChI is InChI=1S/C13H21ClN2/c1-13(2,3)12(15)10-7-6-9(16(4)5)8-11(10)14/h6-8,12H,15H2,1-5H3/t12-/m0/s1. The van der Waals surface area contributed by atoms with E-state index in [0.29, 0.717) is 0 Å². The number of benzene rings is 1. The van der Waals surface area contributed by atoms with Crippen LogP contribution in [0, 0.1) is 5.41 Å². The van der Waals surface area contributed by atoms with Crippen molar-refractivity contribution in [1.29, 1.82) is 0 Å². The SMILES string of the molecule is CN(C)c1ccc([C@H](N)C(C)(C)C)c(Cl)c1. The minimum Gasteiger partial charge on any atom is -0.378 e. The summed E-state index contributed by atoms with van der Waals surface area (Å²) < 4.78 is 0. The summed E-state index contributed by atoms with van der Waals surface area (Å²) >= 11 is 6.27. The van der Waals surface area contributed by atoms with Gasteiger partial charge in [0, 0.05) is 30.8 Å². The fourth-order valence-corrected chi connectivity index (χ4v) is 1.81. The van der Waals surface area contributed by atoms with Gasteiger partial charge in [-0.05, 0) is 23.1 Å². The van der Waals surface area contributed by atoms with Gasteiger partial charge in [0.15, 0.2) is 0 Å². The zero-order valence-corrected chi connectivity index (χ0v) is 11.5. The summed E-state index contributed by atoms with van der Waals surface area (Å²) in [4.78, 5) is 2.03. The predicted octanol–water partition coefficient (Wildman–Crippen LogP) is 3.45. The molecule has 1 aromatic carbocycles. The van der Waals surface area contributed by atoms with Gasteiger partial charge in [-0.1, -0.05) is 38.4 Å². The summed E-state index contributed by atoms with van der Waals surface area (Å²) in [6, 6.07) is 5.99. The second-order valence-electron chi connectivity index (χ2n) is 5.44. The molecule has 0 saturated heterocycles. The number of hydrogen-bond acceptors (Lipinski definition) is 2. The van der Waals surface area contributed by atoms with Crippen LogP contribution in [0.3, 0.4) is 0 Å². The Hall–Kier alpha value is -0.730. The predicted molar refractivity (Wildman–Crippen MR) is 72.2 cm³/mol. The quantitative estimate of drug-likeness (QED) is 0.858. The van der Waals surface area contributed by atoms with E-state index in [1.165, 1.54) is 0 Å². The minimum atomic E-state index is -0.0452. The molecule has 0 aliphatic heterocycles. The Morgan fingerprint density at radius 2 is 1.81 bits per heavy atom. The summed E-state index contributed by atoms with van der Waals surface area (Å²) in [5.41, 5.74) is 8.32. The Morgan fingerprint density at radius 3 is 2.19 bits per heavy atom. The van der Waals surface area contributed by atoms with Crippen LogP contribution in [-0.2, 0) is 0 Å². The second kappa shape index (κ2) is 4.64. The summed E-state index contributed by atoms with van der Waals surface area (Å²) in [5, 5.41) is 0.744. The van der Waals surface area contributed by atoms with E-state index in [1.54, 1.807) is 0 Å². The maximum atomic E-state index is 6.27. The number of nitrogens with zero attached hydrogens (tertiary/aromatic N) is 1. The van der Waals surface area contributed by atoms with Crippen molar-refractivity contribution >= 4 is 17.3 Å². The van der Waals surface area contributed by atoms with Gasteiger partial charge in [-0.25, -0.2) is 0 Å². The topological polar surface area (TPSA) is 29.3 Å². The van der Waals surface area contributed by atoms with Crippen LogP contribution in [0.1, 0.15) is 32.4 Å². The Labute approximate surface area is 103 Å². The van der Waals surface area contributed by atoms with Crippen LogP contribution in [0.5, 0.6) is 0 Å². The molecule has 90 valence electrons. The van der Waals surface area contributed by atoms with Crippen molar-refractivity contribution in [3.8, 4) is 0 Å². The average Bonchev–Trinajstić information content (AvgIpc) is 2.15. The van der Waals surface area contributed by atoms with Crippen molar-refractivity contribution in [3.63, 3.8) is 0 Å². The first-order chi connectivity index (χ1) is 7.23. The highest BCUT2D eigenvalue weighted by molar-refractivity contribution is 6.31. The molecule has 16 heavy (non-hydrogen) atoms. The number of rotatable bonds is 2. The highest BCUT2D eigenvalue weighted by atomic mass is 35.5. The third kappa shape index (κ3) is 2.89. The molecule has 0 heterocycles. The lowest BCUT2D eigenvalue weighted by Gasteiger charge is -2.28. The van der Waals surface area contributed by atoms with Crippen molar-refractivity contribution in [3.05, 3.63) is 28.8 Å². The van der Waals surface area contributed by atoms with Gasteiger partial charge in [-0.15, -0.1) is 0 Å². The van der Waals surface area contributed by atoms with Crippen molar-refractivity contribution in [2.24, 2.45) is 11.1 Å². The van der Waals surface area contributed by atoms with E-state index in [2.05, 4.69) is 20.8 Å². The van der Waals surface area contributed by atoms with Gasteiger partial charge in [-0.3, -0.25) is 0 Å². The first-order valence-electron chi connectivity index (χ1n) is 5.46. The highest BCUT2D eigenvalue weighted by Gasteiger charge is 2.24. The van der Waals surface area contributed by atoms with E-state index < -0.39 is 0 Å². The lowest BCUT2D eigenvalue weighted by molar-refractivity contribution is 0.327. The Kier molecular flexibility index (Phi) is 3.87. The lowest BCUT2D eigenvalue weighted by atomic mass is 9.83. The molecule has 0 aliphatic carbocycles. The summed E-state index contributed by atoms with van der Waals surface area (Å²) in [5.74, 6) is 0. The van der Waals surface area contributed by atoms with Crippen molar-refractivity contribution in [2.45, 2.75) is 26.8 Å². The normalized spacial score (nSPS) is 13.7. The molecule has 1 atom stereocenters. The Balaban J connectivity index is 3.09. The smallest absolute Gasteiger partial charge is 0.0474 e. The van der Waals surface area contributed by atoms with Crippen molar-refractivity contribution in [2.75, 3.05) is 19.0 Å². The van der Waals surface area contributed by atoms with Crippen LogP contribution in [0.2, 0.25) is 5.02 Å². The molecule has 2 nitrogen and oxygen atoms in total. The van der Waals surface area contributed by atoms with Crippen LogP contribution in [0.25, 0.3) is 0 Å². The van der Waals surface area contributed by atoms with Crippen LogP contribution < -0.4 is 10.6 Å². The van der Waals surface area contributed by atoms with Gasteiger partial charge in [0.05, 0.1) is 0 Å². The van der Waals surface area contributed by atoms with E-state index in [0.717, 1.165) is 16.3 Å². The third-order valence-electron chi connectivity index (χ3n) is 2.77. The van der Waals surface area contributed by atoms with Gasteiger partial charge in [0.25, 0.3) is 0 Å². The zero-order valence-electron chi connectivity index (χ0n) is 10.7. The molecular weight excluding hydrogens is 220 g/mol. The van der Waals surface area contributed by atoms with Crippen LogP contribution in [0.4, 0.5) is 5.69 Å². The molecule has 1 rings (SSSR count). The number of hydrogen-bond donors (Lipinski definition) is 1. The van der Waals surface area contributed by atoms with E-state index >= 15 is 0 Å². The monoisotopic (exact) mass is 240 g/mol. The summed E-state index contributed by atoms with van der Waals surface area (Å²) in [7, 11) is 3.99. The molecule has 0 radical (unpaired) electrons. The highest BCUT2D eigenvalue weighted by Crippen LogP contribution is 2.35. The first-order valence-corrected chi connectivity index (χ1v) is 5.83. The van der Waals surface area contributed by atoms with Gasteiger partial charge in [0.2, 0.25) is 0 Å². The first kappa shape index (κ1) is 13.3. The molecule has 0 spiro atoms. The lowest BCUT2D eigenvalue weighted by Crippen LogP contribution is -2.26. The van der Waals surface area contributed by atoms with Gasteiger partial charge in [0.1, 0.15) is 0 Å². The molecule has 2 N–H and O–H groups in total. The number of halogens is 1. The fourth-order valence-electron chi connectivity index (χ4n) is 1.51. The molecule has 0 aromatic heterocycles. The average molecular weight is 241 g/mol. The summed E-state index contributed by atoms with van der Waals surface area (Å²) in [6.07, 6.45) is 0. The molecule has 0 aliphatic rings. The molecule has 0 fully saturated rings. The van der Waals surface area contributed by atoms with E-state index in [4.69, 9.17) is 17.3 Å². The van der Waals surface area contributed by atoms with Crippen LogP contribution in [-0.4, -0.2) is 14.1 Å². The molecule has 0 amide bonds. The van der Waals surface area contributed by atoms with Crippen molar-refractivity contribution in [1.82, 2.24) is 0 Å². The van der Waals surface area contributed by atoms with E-state index in [1.807, 2.05) is 37.2 Å². The van der Waals surface area contributed by atoms with E-state index in [-0.39, 0.29) is 11.5 Å².